The minimum absolute atomic E-state index is 0.0828. The van der Waals surface area contributed by atoms with Gasteiger partial charge in [0.05, 0.1) is 11.9 Å². The Hall–Kier alpha value is -2.86. The summed E-state index contributed by atoms with van der Waals surface area (Å²) >= 11 is 0. The van der Waals surface area contributed by atoms with E-state index in [-0.39, 0.29) is 5.91 Å². The Morgan fingerprint density at radius 1 is 1.07 bits per heavy atom. The highest BCUT2D eigenvalue weighted by Gasteiger charge is 2.24. The van der Waals surface area contributed by atoms with Gasteiger partial charge >= 0.3 is 0 Å². The van der Waals surface area contributed by atoms with Crippen LogP contribution >= 0.6 is 0 Å². The van der Waals surface area contributed by atoms with E-state index in [0.717, 1.165) is 24.5 Å². The molecule has 0 spiro atoms. The maximum absolute atomic E-state index is 13.0. The molecule has 158 valence electrons. The monoisotopic (exact) mass is 405 g/mol. The van der Waals surface area contributed by atoms with Crippen LogP contribution in [0.5, 0.6) is 0 Å². The average Bonchev–Trinajstić information content (AvgIpc) is 3.43. The number of benzene rings is 1. The fraction of sp³-hybridized carbons (Fsp3) is 0.417. The number of carbonyl (C=O) groups excluding carboxylic acids is 1. The van der Waals surface area contributed by atoms with Crippen LogP contribution in [0.15, 0.2) is 61.1 Å². The molecule has 1 aromatic carbocycles. The number of carbonyl (C=O) groups is 1. The van der Waals surface area contributed by atoms with E-state index in [0.29, 0.717) is 24.2 Å². The van der Waals surface area contributed by atoms with E-state index in [2.05, 4.69) is 29.2 Å². The van der Waals surface area contributed by atoms with Crippen molar-refractivity contribution in [1.82, 2.24) is 24.6 Å². The van der Waals surface area contributed by atoms with Crippen LogP contribution < -0.4 is 5.32 Å². The van der Waals surface area contributed by atoms with Crippen LogP contribution in [-0.2, 0) is 0 Å². The van der Waals surface area contributed by atoms with E-state index in [9.17, 15) is 4.79 Å². The van der Waals surface area contributed by atoms with Gasteiger partial charge in [0.15, 0.2) is 5.82 Å². The molecule has 0 saturated carbocycles. The quantitative estimate of drug-likeness (QED) is 0.604. The van der Waals surface area contributed by atoms with Crippen LogP contribution in [0.2, 0.25) is 0 Å². The third-order valence-electron chi connectivity index (χ3n) is 6.09. The minimum atomic E-state index is -0.0828. The lowest BCUT2D eigenvalue weighted by Crippen LogP contribution is -2.44. The SMILES string of the molecule is C[C@@H]1CCC[C@H](C)N1CCCNC(=O)c1cnn(-c2ccccc2)c1-n1cccc1. The van der Waals surface area contributed by atoms with E-state index >= 15 is 0 Å². The molecule has 2 atom stereocenters. The zero-order valence-electron chi connectivity index (χ0n) is 17.9. The Balaban J connectivity index is 1.45. The van der Waals surface area contributed by atoms with Crippen molar-refractivity contribution in [3.63, 3.8) is 0 Å². The smallest absolute Gasteiger partial charge is 0.256 e. The molecule has 0 radical (unpaired) electrons. The second kappa shape index (κ2) is 9.30. The first-order chi connectivity index (χ1) is 14.6. The maximum atomic E-state index is 13.0. The Morgan fingerprint density at radius 3 is 2.47 bits per heavy atom. The Labute approximate surface area is 178 Å². The molecular formula is C24H31N5O. The molecule has 6 heteroatoms. The molecule has 4 rings (SSSR count). The average molecular weight is 406 g/mol. The lowest BCUT2D eigenvalue weighted by molar-refractivity contribution is 0.0925. The zero-order chi connectivity index (χ0) is 20.9. The van der Waals surface area contributed by atoms with Crippen LogP contribution in [0.25, 0.3) is 11.5 Å². The first kappa shape index (κ1) is 20.4. The van der Waals surface area contributed by atoms with Gasteiger partial charge < -0.3 is 9.88 Å². The number of aromatic nitrogens is 3. The van der Waals surface area contributed by atoms with Crippen molar-refractivity contribution >= 4 is 5.91 Å². The second-order valence-electron chi connectivity index (χ2n) is 8.20. The Kier molecular flexibility index (Phi) is 6.33. The lowest BCUT2D eigenvalue weighted by atomic mass is 9.97. The van der Waals surface area contributed by atoms with E-state index < -0.39 is 0 Å². The summed E-state index contributed by atoms with van der Waals surface area (Å²) in [5.41, 5.74) is 1.50. The summed E-state index contributed by atoms with van der Waals surface area (Å²) in [5, 5.41) is 7.61. The van der Waals surface area contributed by atoms with Gasteiger partial charge in [-0.2, -0.15) is 5.10 Å². The number of hydrogen-bond acceptors (Lipinski definition) is 3. The number of amides is 1. The fourth-order valence-electron chi connectivity index (χ4n) is 4.46. The fourth-order valence-corrected chi connectivity index (χ4v) is 4.46. The normalized spacial score (nSPS) is 19.7. The topological polar surface area (TPSA) is 55.1 Å². The molecule has 6 nitrogen and oxygen atoms in total. The van der Waals surface area contributed by atoms with E-state index in [1.165, 1.54) is 19.3 Å². The number of nitrogens with one attached hydrogen (secondary N) is 1. The molecule has 3 aromatic rings. The molecule has 1 fully saturated rings. The third-order valence-corrected chi connectivity index (χ3v) is 6.09. The van der Waals surface area contributed by atoms with Crippen LogP contribution in [0.4, 0.5) is 0 Å². The van der Waals surface area contributed by atoms with Crippen molar-refractivity contribution < 1.29 is 4.79 Å². The van der Waals surface area contributed by atoms with Gasteiger partial charge in [0, 0.05) is 37.6 Å². The van der Waals surface area contributed by atoms with Crippen molar-refractivity contribution in [3.8, 4) is 11.5 Å². The number of rotatable bonds is 7. The van der Waals surface area contributed by atoms with Gasteiger partial charge in [-0.25, -0.2) is 4.68 Å². The van der Waals surface area contributed by atoms with Gasteiger partial charge in [-0.1, -0.05) is 24.6 Å². The van der Waals surface area contributed by atoms with Gasteiger partial charge in [0.2, 0.25) is 0 Å². The molecule has 0 unspecified atom stereocenters. The highest BCUT2D eigenvalue weighted by Crippen LogP contribution is 2.22. The van der Waals surface area contributed by atoms with Crippen molar-refractivity contribution in [2.24, 2.45) is 0 Å². The van der Waals surface area contributed by atoms with Crippen molar-refractivity contribution in [3.05, 3.63) is 66.6 Å². The number of nitrogens with zero attached hydrogens (tertiary/aromatic N) is 4. The Morgan fingerprint density at radius 2 is 1.77 bits per heavy atom. The molecule has 2 aromatic heterocycles. The molecule has 0 bridgehead atoms. The first-order valence-electron chi connectivity index (χ1n) is 11.0. The third kappa shape index (κ3) is 4.33. The molecule has 0 aliphatic carbocycles. The summed E-state index contributed by atoms with van der Waals surface area (Å²) in [6.07, 6.45) is 10.4. The van der Waals surface area contributed by atoms with Crippen LogP contribution in [0.3, 0.4) is 0 Å². The summed E-state index contributed by atoms with van der Waals surface area (Å²) in [5.74, 6) is 0.669. The van der Waals surface area contributed by atoms with Crippen molar-refractivity contribution in [1.29, 1.82) is 0 Å². The summed E-state index contributed by atoms with van der Waals surface area (Å²) in [4.78, 5) is 15.6. The van der Waals surface area contributed by atoms with E-state index in [1.807, 2.05) is 64.1 Å². The van der Waals surface area contributed by atoms with E-state index in [4.69, 9.17) is 0 Å². The van der Waals surface area contributed by atoms with Gasteiger partial charge in [0.1, 0.15) is 5.56 Å². The Bertz CT molecular complexity index is 937. The molecule has 3 heterocycles. The zero-order valence-corrected chi connectivity index (χ0v) is 17.9. The number of likely N-dealkylation sites (tertiary alicyclic amines) is 1. The van der Waals surface area contributed by atoms with E-state index in [1.54, 1.807) is 6.20 Å². The molecule has 1 amide bonds. The molecular weight excluding hydrogens is 374 g/mol. The molecule has 1 aliphatic rings. The summed E-state index contributed by atoms with van der Waals surface area (Å²) < 4.78 is 3.75. The standard InChI is InChI=1S/C24H31N5O/c1-19-10-8-11-20(2)28(19)17-9-14-25-23(30)22-18-26-29(21-12-4-3-5-13-21)24(22)27-15-6-7-16-27/h3-7,12-13,15-16,18-20H,8-11,14,17H2,1-2H3,(H,25,30)/t19-,20+. The van der Waals surface area contributed by atoms with Crippen LogP contribution in [0.1, 0.15) is 49.9 Å². The minimum Gasteiger partial charge on any atom is -0.352 e. The number of piperidine rings is 1. The highest BCUT2D eigenvalue weighted by molar-refractivity contribution is 5.97. The van der Waals surface area contributed by atoms with Crippen molar-refractivity contribution in [2.45, 2.75) is 51.6 Å². The van der Waals surface area contributed by atoms with Gasteiger partial charge in [-0.3, -0.25) is 9.69 Å². The number of hydrogen-bond donors (Lipinski definition) is 1. The summed E-state index contributed by atoms with van der Waals surface area (Å²) in [7, 11) is 0. The highest BCUT2D eigenvalue weighted by atomic mass is 16.1. The van der Waals surface area contributed by atoms with Crippen molar-refractivity contribution in [2.75, 3.05) is 13.1 Å². The largest absolute Gasteiger partial charge is 0.352 e. The first-order valence-corrected chi connectivity index (χ1v) is 11.0. The van der Waals surface area contributed by atoms with Crippen LogP contribution in [0, 0.1) is 0 Å². The second-order valence-corrected chi connectivity index (χ2v) is 8.20. The summed E-state index contributed by atoms with van der Waals surface area (Å²) in [6, 6.07) is 15.1. The van der Waals surface area contributed by atoms with Gasteiger partial charge in [0.25, 0.3) is 5.91 Å². The van der Waals surface area contributed by atoms with Crippen LogP contribution in [-0.4, -0.2) is 50.3 Å². The molecule has 1 saturated heterocycles. The maximum Gasteiger partial charge on any atom is 0.256 e. The molecule has 1 N–H and O–H groups in total. The number of para-hydroxylation sites is 1. The van der Waals surface area contributed by atoms with Gasteiger partial charge in [-0.15, -0.1) is 0 Å². The lowest BCUT2D eigenvalue weighted by Gasteiger charge is -2.39. The molecule has 1 aliphatic heterocycles. The molecule has 30 heavy (non-hydrogen) atoms. The predicted octanol–water partition coefficient (Wildman–Crippen LogP) is 4.05. The predicted molar refractivity (Wildman–Crippen MR) is 119 cm³/mol. The van der Waals surface area contributed by atoms with Gasteiger partial charge in [-0.05, 0) is 57.4 Å². The summed E-state index contributed by atoms with van der Waals surface area (Å²) in [6.45, 7) is 6.32.